The molecule has 0 fully saturated rings. The van der Waals surface area contributed by atoms with Gasteiger partial charge in [-0.1, -0.05) is 6.42 Å². The topological polar surface area (TPSA) is 77.6 Å². The summed E-state index contributed by atoms with van der Waals surface area (Å²) in [5.41, 5.74) is 9.14. The number of aromatic nitrogens is 4. The van der Waals surface area contributed by atoms with E-state index >= 15 is 0 Å². The Morgan fingerprint density at radius 2 is 1.30 bits per heavy atom. The third-order valence-electron chi connectivity index (χ3n) is 5.41. The standard InChI is InChI=1S/C25H24N4O/c30-13-3-1-2-4-23-24-11-9-21(28-24)15-19-7-5-17(26-19)14-18-6-8-20(27-18)16-22-10-12-25(23)29-22/h5-12,14-16,26,29-30H,1-4,13H2. The summed E-state index contributed by atoms with van der Waals surface area (Å²) in [5.74, 6) is 0. The minimum absolute atomic E-state index is 0.245. The Bertz CT molecular complexity index is 1290. The fraction of sp³-hybridized carbons (Fsp3) is 0.200. The van der Waals surface area contributed by atoms with E-state index < -0.39 is 0 Å². The van der Waals surface area contributed by atoms with Crippen LogP contribution in [0.2, 0.25) is 0 Å². The summed E-state index contributed by atoms with van der Waals surface area (Å²) >= 11 is 0. The molecule has 2 aliphatic heterocycles. The van der Waals surface area contributed by atoms with E-state index in [0.717, 1.165) is 70.5 Å². The predicted octanol–water partition coefficient (Wildman–Crippen LogP) is 5.36. The van der Waals surface area contributed by atoms with Crippen molar-refractivity contribution in [3.8, 4) is 0 Å². The molecule has 0 aromatic carbocycles. The van der Waals surface area contributed by atoms with Gasteiger partial charge in [0.15, 0.2) is 0 Å². The first kappa shape index (κ1) is 18.6. The zero-order valence-electron chi connectivity index (χ0n) is 16.7. The van der Waals surface area contributed by atoms with Crippen LogP contribution in [-0.4, -0.2) is 31.6 Å². The lowest BCUT2D eigenvalue weighted by molar-refractivity contribution is 0.283. The Labute approximate surface area is 174 Å². The summed E-state index contributed by atoms with van der Waals surface area (Å²) in [5, 5.41) is 9.10. The molecule has 0 unspecified atom stereocenters. The molecule has 0 aliphatic carbocycles. The van der Waals surface area contributed by atoms with Gasteiger partial charge in [-0.25, -0.2) is 9.97 Å². The first-order valence-electron chi connectivity index (χ1n) is 10.4. The highest BCUT2D eigenvalue weighted by Gasteiger charge is 2.08. The van der Waals surface area contributed by atoms with Crippen molar-refractivity contribution in [2.24, 2.45) is 0 Å². The van der Waals surface area contributed by atoms with Gasteiger partial charge in [-0.3, -0.25) is 0 Å². The van der Waals surface area contributed by atoms with E-state index in [0.29, 0.717) is 0 Å². The van der Waals surface area contributed by atoms with Crippen molar-refractivity contribution in [3.05, 3.63) is 70.8 Å². The van der Waals surface area contributed by atoms with Gasteiger partial charge in [-0.05, 0) is 86.0 Å². The maximum absolute atomic E-state index is 9.10. The van der Waals surface area contributed by atoms with Gasteiger partial charge < -0.3 is 15.1 Å². The fourth-order valence-electron chi connectivity index (χ4n) is 3.92. The maximum Gasteiger partial charge on any atom is 0.0690 e. The molecule has 3 aromatic heterocycles. The molecule has 0 spiro atoms. The van der Waals surface area contributed by atoms with E-state index in [9.17, 15) is 0 Å². The number of aryl methyl sites for hydroxylation is 1. The molecule has 150 valence electrons. The lowest BCUT2D eigenvalue weighted by Gasteiger charge is -2.03. The number of H-pyrrole nitrogens is 2. The summed E-state index contributed by atoms with van der Waals surface area (Å²) in [4.78, 5) is 16.5. The number of aliphatic hydroxyl groups is 1. The van der Waals surface area contributed by atoms with E-state index in [2.05, 4.69) is 58.5 Å². The lowest BCUT2D eigenvalue weighted by Crippen LogP contribution is -1.92. The van der Waals surface area contributed by atoms with Crippen LogP contribution >= 0.6 is 0 Å². The zero-order valence-corrected chi connectivity index (χ0v) is 16.7. The average molecular weight is 396 g/mol. The van der Waals surface area contributed by atoms with Crippen molar-refractivity contribution in [1.29, 1.82) is 0 Å². The number of nitrogens with zero attached hydrogens (tertiary/aromatic N) is 2. The lowest BCUT2D eigenvalue weighted by atomic mass is 10.1. The average Bonchev–Trinajstić information content (AvgIpc) is 3.52. The molecule has 0 amide bonds. The van der Waals surface area contributed by atoms with E-state index in [1.54, 1.807) is 0 Å². The molecule has 0 atom stereocenters. The molecule has 2 aliphatic rings. The van der Waals surface area contributed by atoms with Crippen LogP contribution in [0.5, 0.6) is 0 Å². The number of rotatable bonds is 5. The molecular weight excluding hydrogens is 372 g/mol. The van der Waals surface area contributed by atoms with E-state index in [1.807, 2.05) is 18.2 Å². The highest BCUT2D eigenvalue weighted by atomic mass is 16.2. The van der Waals surface area contributed by atoms with Crippen LogP contribution in [-0.2, 0) is 6.42 Å². The summed E-state index contributed by atoms with van der Waals surface area (Å²) < 4.78 is 0. The van der Waals surface area contributed by atoms with Gasteiger partial charge in [0.05, 0.1) is 22.8 Å². The highest BCUT2D eigenvalue weighted by molar-refractivity contribution is 5.79. The van der Waals surface area contributed by atoms with Gasteiger partial charge >= 0.3 is 0 Å². The molecular formula is C25H24N4O. The zero-order chi connectivity index (χ0) is 20.3. The van der Waals surface area contributed by atoms with Crippen LogP contribution < -0.4 is 0 Å². The Morgan fingerprint density at radius 3 is 2.03 bits per heavy atom. The Kier molecular flexibility index (Phi) is 5.03. The molecule has 30 heavy (non-hydrogen) atoms. The fourth-order valence-corrected chi connectivity index (χ4v) is 3.92. The molecule has 0 saturated carbocycles. The number of hydrogen-bond acceptors (Lipinski definition) is 3. The number of fused-ring (bicyclic) bond motifs is 8. The third-order valence-corrected chi connectivity index (χ3v) is 5.41. The van der Waals surface area contributed by atoms with Crippen molar-refractivity contribution in [2.45, 2.75) is 25.7 Å². The van der Waals surface area contributed by atoms with Crippen molar-refractivity contribution in [3.63, 3.8) is 0 Å². The minimum Gasteiger partial charge on any atom is -0.396 e. The van der Waals surface area contributed by atoms with Crippen LogP contribution in [0.3, 0.4) is 0 Å². The molecule has 5 heteroatoms. The summed E-state index contributed by atoms with van der Waals surface area (Å²) in [6, 6.07) is 14.5. The monoisotopic (exact) mass is 396 g/mol. The maximum atomic E-state index is 9.10. The second-order valence-corrected chi connectivity index (χ2v) is 7.69. The summed E-state index contributed by atoms with van der Waals surface area (Å²) in [6.07, 6.45) is 12.0. The van der Waals surface area contributed by atoms with E-state index in [4.69, 9.17) is 15.1 Å². The molecule has 5 heterocycles. The van der Waals surface area contributed by atoms with Crippen LogP contribution in [0.1, 0.15) is 47.6 Å². The minimum atomic E-state index is 0.245. The molecule has 0 radical (unpaired) electrons. The smallest absolute Gasteiger partial charge is 0.0690 e. The number of aliphatic hydroxyl groups excluding tert-OH is 1. The summed E-state index contributed by atoms with van der Waals surface area (Å²) in [7, 11) is 0. The first-order valence-corrected chi connectivity index (χ1v) is 10.4. The van der Waals surface area contributed by atoms with Crippen molar-refractivity contribution < 1.29 is 5.11 Å². The van der Waals surface area contributed by atoms with Crippen LogP contribution in [0.4, 0.5) is 0 Å². The molecule has 5 rings (SSSR count). The molecule has 3 aromatic rings. The van der Waals surface area contributed by atoms with Gasteiger partial charge in [-0.2, -0.15) is 0 Å². The second-order valence-electron chi connectivity index (χ2n) is 7.69. The van der Waals surface area contributed by atoms with E-state index in [-0.39, 0.29) is 6.61 Å². The number of nitrogens with one attached hydrogen (secondary N) is 2. The number of hydrogen-bond donors (Lipinski definition) is 3. The molecule has 5 nitrogen and oxygen atoms in total. The van der Waals surface area contributed by atoms with Gasteiger partial charge in [0.1, 0.15) is 0 Å². The SMILES string of the molecule is OCCCCCc1c2nc(cc3ccc(cc4nc(cc5ccc1[nH]5)C=C4)[nH]3)C=C2. The number of unbranched alkanes of at least 4 members (excludes halogenated alkanes) is 2. The van der Waals surface area contributed by atoms with Crippen LogP contribution in [0.25, 0.3) is 46.4 Å². The van der Waals surface area contributed by atoms with Gasteiger partial charge in [0.2, 0.25) is 0 Å². The highest BCUT2D eigenvalue weighted by Crippen LogP contribution is 2.22. The predicted molar refractivity (Wildman–Crippen MR) is 123 cm³/mol. The van der Waals surface area contributed by atoms with Crippen LogP contribution in [0.15, 0.2) is 42.5 Å². The Hall–Kier alpha value is -3.44. The first-order chi connectivity index (χ1) is 14.8. The van der Waals surface area contributed by atoms with E-state index in [1.165, 1.54) is 5.56 Å². The van der Waals surface area contributed by atoms with Gasteiger partial charge in [0, 0.05) is 34.2 Å². The molecule has 3 N–H and O–H groups in total. The summed E-state index contributed by atoms with van der Waals surface area (Å²) in [6.45, 7) is 0.245. The van der Waals surface area contributed by atoms with Crippen LogP contribution in [0, 0.1) is 0 Å². The second kappa shape index (κ2) is 8.13. The largest absolute Gasteiger partial charge is 0.396 e. The van der Waals surface area contributed by atoms with Gasteiger partial charge in [0.25, 0.3) is 0 Å². The Balaban J connectivity index is 1.72. The Morgan fingerprint density at radius 1 is 0.667 bits per heavy atom. The van der Waals surface area contributed by atoms with Crippen molar-refractivity contribution in [1.82, 2.24) is 19.9 Å². The molecule has 0 saturated heterocycles. The quantitative estimate of drug-likeness (QED) is 0.350. The van der Waals surface area contributed by atoms with Crippen molar-refractivity contribution >= 4 is 46.4 Å². The normalized spacial score (nSPS) is 12.6. The van der Waals surface area contributed by atoms with Gasteiger partial charge in [-0.15, -0.1) is 0 Å². The van der Waals surface area contributed by atoms with Crippen molar-refractivity contribution in [2.75, 3.05) is 6.61 Å². The third kappa shape index (κ3) is 3.98. The number of aromatic amines is 2. The molecule has 8 bridgehead atoms.